The molecule has 1 amide bonds. The predicted molar refractivity (Wildman–Crippen MR) is 55.3 cm³/mol. The van der Waals surface area contributed by atoms with Crippen LogP contribution in [0.4, 0.5) is 4.79 Å². The van der Waals surface area contributed by atoms with Crippen LogP contribution < -0.4 is 5.32 Å². The summed E-state index contributed by atoms with van der Waals surface area (Å²) in [4.78, 5) is 10.8. The fourth-order valence-electron chi connectivity index (χ4n) is 1.06. The van der Waals surface area contributed by atoms with Crippen molar-refractivity contribution < 1.29 is 18.4 Å². The summed E-state index contributed by atoms with van der Waals surface area (Å²) >= 11 is 0. The molecule has 0 unspecified atom stereocenters. The maximum Gasteiger partial charge on any atom is 0.406 e. The molecular formula is C8H19NO4Si. The molecule has 0 aliphatic rings. The number of nitrogens with one attached hydrogen (secondary N) is 1. The SMILES string of the molecule is CCO[Si](C)(CNC(=O)OC)OCC. The van der Waals surface area contributed by atoms with E-state index in [1.54, 1.807) is 0 Å². The first-order valence-corrected chi connectivity index (χ1v) is 7.20. The minimum Gasteiger partial charge on any atom is -0.453 e. The van der Waals surface area contributed by atoms with Crippen molar-refractivity contribution in [2.75, 3.05) is 26.5 Å². The quantitative estimate of drug-likeness (QED) is 0.681. The molecule has 14 heavy (non-hydrogen) atoms. The molecule has 1 N–H and O–H groups in total. The zero-order valence-electron chi connectivity index (χ0n) is 9.25. The highest BCUT2D eigenvalue weighted by atomic mass is 28.4. The summed E-state index contributed by atoms with van der Waals surface area (Å²) in [6.07, 6.45) is -0.0513. The molecule has 5 nitrogen and oxygen atoms in total. The molecule has 0 aromatic rings. The number of methoxy groups -OCH3 is 1. The van der Waals surface area contributed by atoms with E-state index in [-0.39, 0.29) is 0 Å². The summed E-state index contributed by atoms with van der Waals surface area (Å²) < 4.78 is 15.5. The second kappa shape index (κ2) is 6.80. The summed E-state index contributed by atoms with van der Waals surface area (Å²) in [6.45, 7) is 6.90. The summed E-state index contributed by atoms with van der Waals surface area (Å²) in [7, 11) is -0.911. The van der Waals surface area contributed by atoms with Crippen LogP contribution in [0.3, 0.4) is 0 Å². The Labute approximate surface area is 86.0 Å². The highest BCUT2D eigenvalue weighted by Gasteiger charge is 2.31. The fraction of sp³-hybridized carbons (Fsp3) is 0.875. The number of hydrogen-bond acceptors (Lipinski definition) is 4. The van der Waals surface area contributed by atoms with Crippen molar-refractivity contribution in [3.63, 3.8) is 0 Å². The van der Waals surface area contributed by atoms with Gasteiger partial charge in [-0.3, -0.25) is 0 Å². The molecule has 0 spiro atoms. The molecular weight excluding hydrogens is 202 g/mol. The standard InChI is InChI=1S/C8H19NO4Si/c1-5-12-14(4,13-6-2)7-9-8(10)11-3/h5-7H2,1-4H3,(H,9,10). The van der Waals surface area contributed by atoms with Crippen molar-refractivity contribution in [3.05, 3.63) is 0 Å². The number of carbonyl (C=O) groups excluding carboxylic acids is 1. The van der Waals surface area contributed by atoms with Crippen molar-refractivity contribution in [2.24, 2.45) is 0 Å². The Morgan fingerprint density at radius 1 is 1.29 bits per heavy atom. The van der Waals surface area contributed by atoms with E-state index in [9.17, 15) is 4.79 Å². The van der Waals surface area contributed by atoms with Gasteiger partial charge in [0, 0.05) is 13.2 Å². The lowest BCUT2D eigenvalue weighted by atomic mass is 10.9. The molecule has 0 heterocycles. The normalized spacial score (nSPS) is 11.1. The lowest BCUT2D eigenvalue weighted by Gasteiger charge is -2.25. The molecule has 0 aromatic carbocycles. The van der Waals surface area contributed by atoms with E-state index in [4.69, 9.17) is 8.85 Å². The Balaban J connectivity index is 4.01. The van der Waals surface area contributed by atoms with Gasteiger partial charge >= 0.3 is 14.7 Å². The van der Waals surface area contributed by atoms with Gasteiger partial charge in [-0.1, -0.05) is 0 Å². The fourth-order valence-corrected chi connectivity index (χ4v) is 3.03. The lowest BCUT2D eigenvalue weighted by molar-refractivity contribution is 0.163. The van der Waals surface area contributed by atoms with Crippen LogP contribution in [0.15, 0.2) is 0 Å². The number of carbonyl (C=O) groups is 1. The van der Waals surface area contributed by atoms with E-state index in [1.807, 2.05) is 20.4 Å². The van der Waals surface area contributed by atoms with Gasteiger partial charge in [-0.05, 0) is 20.4 Å². The second-order valence-corrected chi connectivity index (χ2v) is 6.04. The van der Waals surface area contributed by atoms with Gasteiger partial charge in [0.15, 0.2) is 0 Å². The maximum atomic E-state index is 10.8. The number of ether oxygens (including phenoxy) is 1. The molecule has 0 bridgehead atoms. The number of rotatable bonds is 6. The molecule has 0 saturated carbocycles. The van der Waals surface area contributed by atoms with Crippen molar-refractivity contribution in [2.45, 2.75) is 20.4 Å². The maximum absolute atomic E-state index is 10.8. The first kappa shape index (κ1) is 13.4. The minimum absolute atomic E-state index is 0.404. The van der Waals surface area contributed by atoms with Crippen molar-refractivity contribution >= 4 is 14.7 Å². The molecule has 0 aliphatic heterocycles. The van der Waals surface area contributed by atoms with Crippen LogP contribution in [0.1, 0.15) is 13.8 Å². The van der Waals surface area contributed by atoms with Gasteiger partial charge in [0.05, 0.1) is 13.3 Å². The number of alkyl carbamates (subject to hydrolysis) is 1. The molecule has 0 aromatic heterocycles. The van der Waals surface area contributed by atoms with Crippen molar-refractivity contribution in [1.82, 2.24) is 5.32 Å². The first-order chi connectivity index (χ1) is 6.58. The smallest absolute Gasteiger partial charge is 0.406 e. The van der Waals surface area contributed by atoms with Gasteiger partial charge in [-0.15, -0.1) is 0 Å². The number of hydrogen-bond donors (Lipinski definition) is 1. The van der Waals surface area contributed by atoms with E-state index >= 15 is 0 Å². The van der Waals surface area contributed by atoms with Crippen LogP contribution in [0.5, 0.6) is 0 Å². The molecule has 0 fully saturated rings. The predicted octanol–water partition coefficient (Wildman–Crippen LogP) is 1.03. The van der Waals surface area contributed by atoms with Gasteiger partial charge in [0.2, 0.25) is 0 Å². The topological polar surface area (TPSA) is 56.8 Å². The largest absolute Gasteiger partial charge is 0.453 e. The summed E-state index contributed by atoms with van der Waals surface area (Å²) in [5, 5.41) is 2.59. The van der Waals surface area contributed by atoms with Crippen LogP contribution >= 0.6 is 0 Å². The average Bonchev–Trinajstić information content (AvgIpc) is 2.15. The molecule has 0 radical (unpaired) electrons. The first-order valence-electron chi connectivity index (χ1n) is 4.67. The summed E-state index contributed by atoms with van der Waals surface area (Å²) in [6, 6.07) is 0. The van der Waals surface area contributed by atoms with E-state index in [2.05, 4.69) is 10.1 Å². The highest BCUT2D eigenvalue weighted by molar-refractivity contribution is 6.66. The van der Waals surface area contributed by atoms with Gasteiger partial charge in [-0.25, -0.2) is 4.79 Å². The summed E-state index contributed by atoms with van der Waals surface area (Å²) in [5.41, 5.74) is 0. The molecule has 84 valence electrons. The van der Waals surface area contributed by atoms with Gasteiger partial charge in [0.25, 0.3) is 0 Å². The highest BCUT2D eigenvalue weighted by Crippen LogP contribution is 2.05. The Morgan fingerprint density at radius 3 is 2.14 bits per heavy atom. The Hall–Kier alpha value is -0.593. The van der Waals surface area contributed by atoms with Crippen LogP contribution in [0.2, 0.25) is 6.55 Å². The third-order valence-electron chi connectivity index (χ3n) is 1.64. The van der Waals surface area contributed by atoms with Crippen LogP contribution in [0.25, 0.3) is 0 Å². The zero-order chi connectivity index (χ0) is 11.0. The monoisotopic (exact) mass is 221 g/mol. The van der Waals surface area contributed by atoms with Gasteiger partial charge in [-0.2, -0.15) is 0 Å². The molecule has 0 saturated heterocycles. The van der Waals surface area contributed by atoms with Crippen LogP contribution in [0, 0.1) is 0 Å². The Morgan fingerprint density at radius 2 is 1.79 bits per heavy atom. The molecule has 6 heteroatoms. The van der Waals surface area contributed by atoms with E-state index in [0.29, 0.717) is 19.4 Å². The van der Waals surface area contributed by atoms with Gasteiger partial charge < -0.3 is 18.9 Å². The van der Waals surface area contributed by atoms with E-state index < -0.39 is 14.7 Å². The molecule has 0 atom stereocenters. The average molecular weight is 221 g/mol. The van der Waals surface area contributed by atoms with Crippen LogP contribution in [-0.2, 0) is 13.6 Å². The minimum atomic E-state index is -2.24. The third kappa shape index (κ3) is 5.20. The van der Waals surface area contributed by atoms with E-state index in [1.165, 1.54) is 7.11 Å². The lowest BCUT2D eigenvalue weighted by Crippen LogP contribution is -2.50. The summed E-state index contributed by atoms with van der Waals surface area (Å²) in [5.74, 6) is 0. The van der Waals surface area contributed by atoms with E-state index in [0.717, 1.165) is 0 Å². The van der Waals surface area contributed by atoms with Crippen molar-refractivity contribution in [1.29, 1.82) is 0 Å². The molecule has 0 rings (SSSR count). The zero-order valence-corrected chi connectivity index (χ0v) is 10.3. The van der Waals surface area contributed by atoms with Gasteiger partial charge in [0.1, 0.15) is 0 Å². The Kier molecular flexibility index (Phi) is 6.51. The number of amides is 1. The van der Waals surface area contributed by atoms with Crippen molar-refractivity contribution in [3.8, 4) is 0 Å². The molecule has 0 aliphatic carbocycles. The third-order valence-corrected chi connectivity index (χ3v) is 4.26. The second-order valence-electron chi connectivity index (χ2n) is 2.84. The van der Waals surface area contributed by atoms with Crippen LogP contribution in [-0.4, -0.2) is 41.1 Å². The Bertz CT molecular complexity index is 171.